The number of primary amides is 1. The molecule has 0 aliphatic heterocycles. The highest BCUT2D eigenvalue weighted by Gasteiger charge is 2.27. The van der Waals surface area contributed by atoms with Crippen LogP contribution in [0, 0.1) is 17.2 Å². The fraction of sp³-hybridized carbons (Fsp3) is 0.500. The van der Waals surface area contributed by atoms with Crippen LogP contribution in [-0.4, -0.2) is 11.9 Å². The lowest BCUT2D eigenvalue weighted by Crippen LogP contribution is -2.41. The molecule has 0 spiro atoms. The van der Waals surface area contributed by atoms with Gasteiger partial charge in [-0.15, -0.1) is 0 Å². The summed E-state index contributed by atoms with van der Waals surface area (Å²) in [5, 5.41) is 12.3. The Bertz CT molecular complexity index is 507. The first kappa shape index (κ1) is 14.5. The summed E-state index contributed by atoms with van der Waals surface area (Å²) in [4.78, 5) is 11.6. The molecule has 1 aromatic rings. The van der Waals surface area contributed by atoms with Crippen molar-refractivity contribution in [3.63, 3.8) is 0 Å². The molecular weight excluding hydrogens is 250 g/mol. The van der Waals surface area contributed by atoms with E-state index in [1.165, 1.54) is 6.42 Å². The van der Waals surface area contributed by atoms with Crippen molar-refractivity contribution < 1.29 is 4.79 Å². The average molecular weight is 271 g/mol. The molecule has 0 aromatic heterocycles. The van der Waals surface area contributed by atoms with Crippen LogP contribution in [0.5, 0.6) is 0 Å². The summed E-state index contributed by atoms with van der Waals surface area (Å²) >= 11 is 0. The van der Waals surface area contributed by atoms with Gasteiger partial charge < -0.3 is 11.1 Å². The maximum absolute atomic E-state index is 11.6. The van der Waals surface area contributed by atoms with E-state index in [-0.39, 0.29) is 17.9 Å². The van der Waals surface area contributed by atoms with Crippen molar-refractivity contribution in [3.8, 4) is 6.07 Å². The van der Waals surface area contributed by atoms with Crippen LogP contribution in [0.1, 0.15) is 43.2 Å². The van der Waals surface area contributed by atoms with Crippen LogP contribution in [0.4, 0.5) is 0 Å². The molecular formula is C16H21N3O. The van der Waals surface area contributed by atoms with Crippen LogP contribution in [-0.2, 0) is 11.3 Å². The average Bonchev–Trinajstić information content (AvgIpc) is 2.70. The van der Waals surface area contributed by atoms with E-state index in [0.29, 0.717) is 12.1 Å². The monoisotopic (exact) mass is 271 g/mol. The maximum Gasteiger partial charge on any atom is 0.222 e. The Kier molecular flexibility index (Phi) is 5.14. The van der Waals surface area contributed by atoms with Gasteiger partial charge in [-0.2, -0.15) is 5.26 Å². The van der Waals surface area contributed by atoms with Crippen LogP contribution in [0.2, 0.25) is 0 Å². The van der Waals surface area contributed by atoms with E-state index < -0.39 is 0 Å². The number of nitriles is 1. The zero-order valence-corrected chi connectivity index (χ0v) is 11.6. The standard InChI is InChI=1S/C16H21N3O/c17-10-12-5-4-6-13(9-12)11-19-15-8-3-1-2-7-14(15)16(18)20/h4-6,9,14-15,19H,1-3,7-8,11H2,(H2,18,20)/t14-,15-/m0/s1. The molecule has 0 saturated heterocycles. The molecule has 1 fully saturated rings. The van der Waals surface area contributed by atoms with Crippen molar-refractivity contribution in [2.24, 2.45) is 11.7 Å². The van der Waals surface area contributed by atoms with Gasteiger partial charge in [0.15, 0.2) is 0 Å². The molecule has 4 nitrogen and oxygen atoms in total. The highest BCUT2D eigenvalue weighted by molar-refractivity contribution is 5.77. The zero-order chi connectivity index (χ0) is 14.4. The Labute approximate surface area is 120 Å². The summed E-state index contributed by atoms with van der Waals surface area (Å²) in [5.41, 5.74) is 7.25. The number of hydrogen-bond donors (Lipinski definition) is 2. The summed E-state index contributed by atoms with van der Waals surface area (Å²) in [6.07, 6.45) is 5.26. The Morgan fingerprint density at radius 3 is 2.90 bits per heavy atom. The Hall–Kier alpha value is -1.86. The number of rotatable bonds is 4. The number of carbonyl (C=O) groups excluding carboxylic acids is 1. The van der Waals surface area contributed by atoms with Crippen molar-refractivity contribution in [1.29, 1.82) is 5.26 Å². The maximum atomic E-state index is 11.6. The van der Waals surface area contributed by atoms with Gasteiger partial charge in [0.1, 0.15) is 0 Å². The first-order valence-electron chi connectivity index (χ1n) is 7.22. The summed E-state index contributed by atoms with van der Waals surface area (Å²) in [6, 6.07) is 9.84. The number of nitrogens with one attached hydrogen (secondary N) is 1. The molecule has 2 atom stereocenters. The van der Waals surface area contributed by atoms with E-state index in [1.807, 2.05) is 18.2 Å². The minimum absolute atomic E-state index is 0.0725. The number of carbonyl (C=O) groups is 1. The number of nitrogens with zero attached hydrogens (tertiary/aromatic N) is 1. The fourth-order valence-electron chi connectivity index (χ4n) is 2.89. The van der Waals surface area contributed by atoms with Gasteiger partial charge in [0.25, 0.3) is 0 Å². The summed E-state index contributed by atoms with van der Waals surface area (Å²) < 4.78 is 0. The van der Waals surface area contributed by atoms with Crippen molar-refractivity contribution >= 4 is 5.91 Å². The Morgan fingerprint density at radius 2 is 2.15 bits per heavy atom. The third-order valence-electron chi connectivity index (χ3n) is 4.01. The van der Waals surface area contributed by atoms with Crippen molar-refractivity contribution in [2.75, 3.05) is 0 Å². The van der Waals surface area contributed by atoms with E-state index in [1.54, 1.807) is 6.07 Å². The largest absolute Gasteiger partial charge is 0.369 e. The molecule has 0 radical (unpaired) electrons. The second-order valence-corrected chi connectivity index (χ2v) is 5.45. The first-order valence-corrected chi connectivity index (χ1v) is 7.22. The van der Waals surface area contributed by atoms with Crippen LogP contribution in [0.15, 0.2) is 24.3 Å². The number of nitrogens with two attached hydrogens (primary N) is 1. The van der Waals surface area contributed by atoms with E-state index in [2.05, 4.69) is 11.4 Å². The molecule has 1 aliphatic rings. The molecule has 0 bridgehead atoms. The smallest absolute Gasteiger partial charge is 0.222 e. The number of hydrogen-bond acceptors (Lipinski definition) is 3. The SMILES string of the molecule is N#Cc1cccc(CN[C@H]2CCCCC[C@@H]2C(N)=O)c1. The summed E-state index contributed by atoms with van der Waals surface area (Å²) in [7, 11) is 0. The van der Waals surface area contributed by atoms with Crippen LogP contribution in [0.3, 0.4) is 0 Å². The minimum atomic E-state index is -0.199. The van der Waals surface area contributed by atoms with E-state index in [0.717, 1.165) is 31.2 Å². The molecule has 2 rings (SSSR count). The summed E-state index contributed by atoms with van der Waals surface area (Å²) in [6.45, 7) is 0.671. The molecule has 3 N–H and O–H groups in total. The molecule has 1 aliphatic carbocycles. The van der Waals surface area contributed by atoms with Crippen molar-refractivity contribution in [2.45, 2.75) is 44.7 Å². The second-order valence-electron chi connectivity index (χ2n) is 5.45. The lowest BCUT2D eigenvalue weighted by Gasteiger charge is -2.23. The highest BCUT2D eigenvalue weighted by Crippen LogP contribution is 2.23. The minimum Gasteiger partial charge on any atom is -0.369 e. The quantitative estimate of drug-likeness (QED) is 0.823. The highest BCUT2D eigenvalue weighted by atomic mass is 16.1. The fourth-order valence-corrected chi connectivity index (χ4v) is 2.89. The van der Waals surface area contributed by atoms with Gasteiger partial charge in [0.05, 0.1) is 17.6 Å². The van der Waals surface area contributed by atoms with Gasteiger partial charge in [-0.3, -0.25) is 4.79 Å². The molecule has 106 valence electrons. The summed E-state index contributed by atoms with van der Waals surface area (Å²) in [5.74, 6) is -0.271. The third kappa shape index (κ3) is 3.82. The second kappa shape index (κ2) is 7.06. The molecule has 1 saturated carbocycles. The third-order valence-corrected chi connectivity index (χ3v) is 4.01. The zero-order valence-electron chi connectivity index (χ0n) is 11.6. The Balaban J connectivity index is 1.99. The van der Waals surface area contributed by atoms with E-state index in [4.69, 9.17) is 11.0 Å². The van der Waals surface area contributed by atoms with Crippen molar-refractivity contribution in [1.82, 2.24) is 5.32 Å². The number of benzene rings is 1. The van der Waals surface area contributed by atoms with Crippen LogP contribution < -0.4 is 11.1 Å². The van der Waals surface area contributed by atoms with Gasteiger partial charge in [-0.25, -0.2) is 0 Å². The molecule has 20 heavy (non-hydrogen) atoms. The normalized spacial score (nSPS) is 22.8. The van der Waals surface area contributed by atoms with E-state index in [9.17, 15) is 4.79 Å². The molecule has 4 heteroatoms. The molecule has 1 amide bonds. The van der Waals surface area contributed by atoms with Crippen LogP contribution in [0.25, 0.3) is 0 Å². The molecule has 1 aromatic carbocycles. The van der Waals surface area contributed by atoms with Gasteiger partial charge in [0.2, 0.25) is 5.91 Å². The van der Waals surface area contributed by atoms with Gasteiger partial charge in [0, 0.05) is 12.6 Å². The van der Waals surface area contributed by atoms with Gasteiger partial charge >= 0.3 is 0 Å². The van der Waals surface area contributed by atoms with Crippen molar-refractivity contribution in [3.05, 3.63) is 35.4 Å². The topological polar surface area (TPSA) is 78.9 Å². The van der Waals surface area contributed by atoms with E-state index >= 15 is 0 Å². The molecule has 0 heterocycles. The van der Waals surface area contributed by atoms with Crippen LogP contribution >= 0.6 is 0 Å². The molecule has 0 unspecified atom stereocenters. The lowest BCUT2D eigenvalue weighted by molar-refractivity contribution is -0.122. The first-order chi connectivity index (χ1) is 9.70. The van der Waals surface area contributed by atoms with Gasteiger partial charge in [-0.1, -0.05) is 31.4 Å². The Morgan fingerprint density at radius 1 is 1.35 bits per heavy atom. The van der Waals surface area contributed by atoms with Gasteiger partial charge in [-0.05, 0) is 30.5 Å². The lowest BCUT2D eigenvalue weighted by atomic mass is 9.94. The number of amides is 1. The predicted octanol–water partition coefficient (Wildman–Crippen LogP) is 2.08. The predicted molar refractivity (Wildman–Crippen MR) is 77.6 cm³/mol.